The van der Waals surface area contributed by atoms with Crippen LogP contribution in [0.1, 0.15) is 12.5 Å². The lowest BCUT2D eigenvalue weighted by Gasteiger charge is -2.26. The first-order valence-electron chi connectivity index (χ1n) is 6.68. The van der Waals surface area contributed by atoms with E-state index in [2.05, 4.69) is 11.6 Å². The number of aliphatic hydroxyl groups is 1. The van der Waals surface area contributed by atoms with E-state index < -0.39 is 22.7 Å². The molecule has 2 amide bonds. The zero-order valence-corrected chi connectivity index (χ0v) is 12.8. The van der Waals surface area contributed by atoms with Gasteiger partial charge in [-0.25, -0.2) is 0 Å². The average molecular weight is 317 g/mol. The summed E-state index contributed by atoms with van der Waals surface area (Å²) < 4.78 is 0. The summed E-state index contributed by atoms with van der Waals surface area (Å²) in [5.74, 6) is -1.14. The Morgan fingerprint density at radius 3 is 2.77 bits per heavy atom. The van der Waals surface area contributed by atoms with E-state index in [1.165, 1.54) is 4.90 Å². The summed E-state index contributed by atoms with van der Waals surface area (Å²) in [5, 5.41) is 10.1. The van der Waals surface area contributed by atoms with Crippen molar-refractivity contribution in [1.82, 2.24) is 0 Å². The Morgan fingerprint density at radius 2 is 2.18 bits per heavy atom. The summed E-state index contributed by atoms with van der Waals surface area (Å²) in [6, 6.07) is 6.88. The molecule has 6 nitrogen and oxygen atoms in total. The zero-order valence-electron chi connectivity index (χ0n) is 11.9. The fraction of sp³-hybridized carbons (Fsp3) is 0.267. The molecule has 0 fully saturated rings. The SMILES string of the molecule is C=C(C)CN1C(=O)C(O)(C2SC(N)=NC2=O)c2ccccc21. The largest absolute Gasteiger partial charge is 0.378 e. The second-order valence-electron chi connectivity index (χ2n) is 5.42. The number of amides is 2. The lowest BCUT2D eigenvalue weighted by molar-refractivity contribution is -0.140. The number of carbonyl (C=O) groups is 2. The van der Waals surface area contributed by atoms with Gasteiger partial charge in [-0.1, -0.05) is 42.1 Å². The van der Waals surface area contributed by atoms with Crippen LogP contribution in [0.25, 0.3) is 0 Å². The molecule has 7 heteroatoms. The normalized spacial score (nSPS) is 27.1. The number of benzene rings is 1. The van der Waals surface area contributed by atoms with Gasteiger partial charge in [0, 0.05) is 12.1 Å². The van der Waals surface area contributed by atoms with Crippen LogP contribution >= 0.6 is 11.8 Å². The molecule has 0 spiro atoms. The Bertz CT molecular complexity index is 730. The molecule has 0 aromatic heterocycles. The summed E-state index contributed by atoms with van der Waals surface area (Å²) in [5.41, 5.74) is 5.36. The second kappa shape index (κ2) is 4.96. The van der Waals surface area contributed by atoms with E-state index >= 15 is 0 Å². The van der Waals surface area contributed by atoms with Gasteiger partial charge in [0.15, 0.2) is 10.8 Å². The average Bonchev–Trinajstić information content (AvgIpc) is 2.91. The van der Waals surface area contributed by atoms with E-state index in [1.807, 2.05) is 0 Å². The lowest BCUT2D eigenvalue weighted by atomic mass is 9.91. The number of thioether (sulfide) groups is 1. The summed E-state index contributed by atoms with van der Waals surface area (Å²) in [6.07, 6.45) is 0. The first kappa shape index (κ1) is 14.8. The maximum atomic E-state index is 12.8. The Balaban J connectivity index is 2.11. The number of carbonyl (C=O) groups excluding carboxylic acids is 2. The molecule has 0 aliphatic carbocycles. The maximum Gasteiger partial charge on any atom is 0.265 e. The summed E-state index contributed by atoms with van der Waals surface area (Å²) >= 11 is 0.916. The fourth-order valence-corrected chi connectivity index (χ4v) is 3.71. The number of anilines is 1. The number of fused-ring (bicyclic) bond motifs is 1. The number of amidine groups is 1. The van der Waals surface area contributed by atoms with Gasteiger partial charge in [0.1, 0.15) is 5.25 Å². The number of hydrogen-bond acceptors (Lipinski definition) is 5. The molecular formula is C15H15N3O3S. The Morgan fingerprint density at radius 1 is 1.50 bits per heavy atom. The Hall–Kier alpha value is -2.12. The van der Waals surface area contributed by atoms with Gasteiger partial charge < -0.3 is 15.7 Å². The van der Waals surface area contributed by atoms with Crippen molar-refractivity contribution in [2.24, 2.45) is 10.7 Å². The van der Waals surface area contributed by atoms with Crippen LogP contribution in [0.4, 0.5) is 5.69 Å². The van der Waals surface area contributed by atoms with Crippen molar-refractivity contribution in [1.29, 1.82) is 0 Å². The molecule has 1 aromatic carbocycles. The molecule has 0 saturated heterocycles. The smallest absolute Gasteiger partial charge is 0.265 e. The molecule has 1 aromatic rings. The van der Waals surface area contributed by atoms with Gasteiger partial charge in [0.05, 0.1) is 5.69 Å². The third kappa shape index (κ3) is 1.97. The van der Waals surface area contributed by atoms with Crippen LogP contribution in [-0.2, 0) is 15.2 Å². The monoisotopic (exact) mass is 317 g/mol. The second-order valence-corrected chi connectivity index (χ2v) is 6.54. The van der Waals surface area contributed by atoms with Gasteiger partial charge in [-0.2, -0.15) is 4.99 Å². The summed E-state index contributed by atoms with van der Waals surface area (Å²) in [6.45, 7) is 5.88. The molecule has 0 radical (unpaired) electrons. The van der Waals surface area contributed by atoms with Crippen LogP contribution in [0.5, 0.6) is 0 Å². The van der Waals surface area contributed by atoms with Gasteiger partial charge in [-0.05, 0) is 13.0 Å². The van der Waals surface area contributed by atoms with Crippen molar-refractivity contribution in [3.8, 4) is 0 Å². The number of hydrogen-bond donors (Lipinski definition) is 2. The number of nitrogens with two attached hydrogens (primary N) is 1. The quantitative estimate of drug-likeness (QED) is 0.802. The number of aliphatic imine (C=N–C) groups is 1. The van der Waals surface area contributed by atoms with Crippen molar-refractivity contribution in [3.05, 3.63) is 42.0 Å². The number of nitrogens with zero attached hydrogens (tertiary/aromatic N) is 2. The minimum atomic E-state index is -1.96. The van der Waals surface area contributed by atoms with Crippen LogP contribution in [-0.4, -0.2) is 33.9 Å². The van der Waals surface area contributed by atoms with Gasteiger partial charge in [-0.3, -0.25) is 9.59 Å². The molecule has 3 rings (SSSR count). The van der Waals surface area contributed by atoms with Crippen LogP contribution in [0.2, 0.25) is 0 Å². The van der Waals surface area contributed by atoms with Crippen LogP contribution in [0.3, 0.4) is 0 Å². The van der Waals surface area contributed by atoms with E-state index in [9.17, 15) is 14.7 Å². The highest BCUT2D eigenvalue weighted by Crippen LogP contribution is 2.47. The van der Waals surface area contributed by atoms with Gasteiger partial charge in [0.2, 0.25) is 0 Å². The first-order valence-corrected chi connectivity index (χ1v) is 7.56. The predicted octanol–water partition coefficient (Wildman–Crippen LogP) is 0.754. The van der Waals surface area contributed by atoms with E-state index in [1.54, 1.807) is 31.2 Å². The molecule has 0 bridgehead atoms. The molecule has 114 valence electrons. The molecule has 22 heavy (non-hydrogen) atoms. The molecule has 0 saturated carbocycles. The van der Waals surface area contributed by atoms with Gasteiger partial charge >= 0.3 is 0 Å². The molecule has 2 heterocycles. The van der Waals surface area contributed by atoms with E-state index in [0.717, 1.165) is 17.3 Å². The molecule has 2 aliphatic heterocycles. The minimum absolute atomic E-state index is 0.0621. The van der Waals surface area contributed by atoms with Gasteiger partial charge in [0.25, 0.3) is 11.8 Å². The van der Waals surface area contributed by atoms with Crippen LogP contribution in [0, 0.1) is 0 Å². The van der Waals surface area contributed by atoms with E-state index in [-0.39, 0.29) is 11.7 Å². The zero-order chi connectivity index (χ0) is 16.1. The minimum Gasteiger partial charge on any atom is -0.378 e. The molecule has 2 unspecified atom stereocenters. The van der Waals surface area contributed by atoms with Crippen molar-refractivity contribution < 1.29 is 14.7 Å². The van der Waals surface area contributed by atoms with E-state index in [4.69, 9.17) is 5.73 Å². The van der Waals surface area contributed by atoms with Crippen molar-refractivity contribution in [2.45, 2.75) is 17.8 Å². The molecule has 2 atom stereocenters. The van der Waals surface area contributed by atoms with Crippen LogP contribution < -0.4 is 10.6 Å². The Labute approximate surface area is 131 Å². The third-order valence-corrected chi connectivity index (χ3v) is 4.78. The predicted molar refractivity (Wildman–Crippen MR) is 85.5 cm³/mol. The summed E-state index contributed by atoms with van der Waals surface area (Å²) in [4.78, 5) is 29.9. The molecule has 2 aliphatic rings. The first-order chi connectivity index (χ1) is 10.4. The lowest BCUT2D eigenvalue weighted by Crippen LogP contribution is -2.49. The molecule has 3 N–H and O–H groups in total. The van der Waals surface area contributed by atoms with Gasteiger partial charge in [-0.15, -0.1) is 0 Å². The highest BCUT2D eigenvalue weighted by atomic mass is 32.2. The highest BCUT2D eigenvalue weighted by molar-refractivity contribution is 8.15. The highest BCUT2D eigenvalue weighted by Gasteiger charge is 2.59. The summed E-state index contributed by atoms with van der Waals surface area (Å²) in [7, 11) is 0. The van der Waals surface area contributed by atoms with E-state index in [0.29, 0.717) is 11.3 Å². The topological polar surface area (TPSA) is 96.0 Å². The number of rotatable bonds is 3. The Kier molecular flexibility index (Phi) is 3.34. The van der Waals surface area contributed by atoms with Crippen molar-refractivity contribution in [3.63, 3.8) is 0 Å². The third-order valence-electron chi connectivity index (χ3n) is 3.67. The van der Waals surface area contributed by atoms with Crippen molar-refractivity contribution >= 4 is 34.4 Å². The molecular weight excluding hydrogens is 302 g/mol. The maximum absolute atomic E-state index is 12.8. The number of para-hydroxylation sites is 1. The van der Waals surface area contributed by atoms with Crippen molar-refractivity contribution in [2.75, 3.05) is 11.4 Å². The van der Waals surface area contributed by atoms with Crippen LogP contribution in [0.15, 0.2) is 41.4 Å². The standard InChI is InChI=1S/C15H15N3O3S/c1-8(2)7-18-10-6-4-3-5-9(10)15(21,13(18)20)11-12(19)17-14(16)22-11/h3-6,11,21H,1,7H2,2H3,(H2,16,17,19). The fourth-order valence-electron chi connectivity index (χ4n) is 2.77.